The van der Waals surface area contributed by atoms with Crippen LogP contribution in [0.15, 0.2) is 29.2 Å². The number of rotatable bonds is 3. The van der Waals surface area contributed by atoms with E-state index in [4.69, 9.17) is 4.74 Å². The first-order chi connectivity index (χ1) is 11.5. The van der Waals surface area contributed by atoms with E-state index in [1.807, 2.05) is 20.8 Å². The van der Waals surface area contributed by atoms with Crippen LogP contribution in [0.2, 0.25) is 0 Å². The van der Waals surface area contributed by atoms with Crippen molar-refractivity contribution in [2.24, 2.45) is 0 Å². The van der Waals surface area contributed by atoms with E-state index in [2.05, 4.69) is 5.32 Å². The van der Waals surface area contributed by atoms with Crippen molar-refractivity contribution >= 4 is 23.5 Å². The van der Waals surface area contributed by atoms with Crippen molar-refractivity contribution in [2.45, 2.75) is 55.7 Å². The Morgan fingerprint density at radius 2 is 1.72 bits per heavy atom. The molecule has 1 aromatic carbocycles. The molecule has 140 valence electrons. The second-order valence-corrected chi connectivity index (χ2v) is 8.10. The highest BCUT2D eigenvalue weighted by atomic mass is 32.2. The number of amides is 1. The zero-order chi connectivity index (χ0) is 18.7. The number of thioether (sulfide) groups is 1. The topological polar surface area (TPSA) is 41.6 Å². The van der Waals surface area contributed by atoms with E-state index in [0.717, 1.165) is 18.5 Å². The van der Waals surface area contributed by atoms with Gasteiger partial charge in [0, 0.05) is 29.7 Å². The third-order valence-electron chi connectivity index (χ3n) is 3.61. The quantitative estimate of drug-likeness (QED) is 0.745. The molecular formula is C17H23F3N2O2S. The van der Waals surface area contributed by atoms with Crippen molar-refractivity contribution in [3.05, 3.63) is 24.3 Å². The molecule has 0 radical (unpaired) electrons. The molecule has 0 unspecified atom stereocenters. The standard InChI is InChI=1S/C17H23F3N2O2S/c1-16(2,3)24-15(23)22-10-8-13(9-11-22)21-12-4-6-14(7-5-12)25-17(18,19)20/h4-7,13,21H,8-11H2,1-3H3. The SMILES string of the molecule is CC(C)(C)OC(=O)N1CCC(Nc2ccc(SC(F)(F)F)cc2)CC1. The third kappa shape index (κ3) is 7.05. The van der Waals surface area contributed by atoms with Gasteiger partial charge in [-0.2, -0.15) is 13.2 Å². The van der Waals surface area contributed by atoms with E-state index in [1.54, 1.807) is 17.0 Å². The van der Waals surface area contributed by atoms with E-state index < -0.39 is 11.1 Å². The Morgan fingerprint density at radius 1 is 1.16 bits per heavy atom. The molecule has 1 saturated heterocycles. The van der Waals surface area contributed by atoms with Crippen molar-refractivity contribution in [2.75, 3.05) is 18.4 Å². The maximum Gasteiger partial charge on any atom is 0.446 e. The highest BCUT2D eigenvalue weighted by molar-refractivity contribution is 8.00. The van der Waals surface area contributed by atoms with E-state index in [9.17, 15) is 18.0 Å². The van der Waals surface area contributed by atoms with E-state index >= 15 is 0 Å². The number of likely N-dealkylation sites (tertiary alicyclic amines) is 1. The van der Waals surface area contributed by atoms with Crippen LogP contribution in [0, 0.1) is 0 Å². The molecule has 1 heterocycles. The molecule has 0 aliphatic carbocycles. The molecule has 0 bridgehead atoms. The number of nitrogens with one attached hydrogen (secondary N) is 1. The van der Waals surface area contributed by atoms with Gasteiger partial charge < -0.3 is 15.0 Å². The highest BCUT2D eigenvalue weighted by Gasteiger charge is 2.29. The Hall–Kier alpha value is -1.57. The van der Waals surface area contributed by atoms with Gasteiger partial charge in [0.2, 0.25) is 0 Å². The summed E-state index contributed by atoms with van der Waals surface area (Å²) in [5.74, 6) is 0. The van der Waals surface area contributed by atoms with Crippen molar-refractivity contribution in [3.8, 4) is 0 Å². The molecule has 2 rings (SSSR count). The molecule has 1 amide bonds. The van der Waals surface area contributed by atoms with Gasteiger partial charge in [0.05, 0.1) is 0 Å². The smallest absolute Gasteiger partial charge is 0.444 e. The molecule has 8 heteroatoms. The first-order valence-electron chi connectivity index (χ1n) is 8.12. The van der Waals surface area contributed by atoms with Crippen LogP contribution >= 0.6 is 11.8 Å². The van der Waals surface area contributed by atoms with Crippen molar-refractivity contribution < 1.29 is 22.7 Å². The second-order valence-electron chi connectivity index (χ2n) is 6.96. The van der Waals surface area contributed by atoms with Crippen LogP contribution in [-0.4, -0.2) is 41.2 Å². The third-order valence-corrected chi connectivity index (χ3v) is 4.34. The predicted octanol–water partition coefficient (Wildman–Crippen LogP) is 5.11. The molecule has 0 saturated carbocycles. The molecule has 1 fully saturated rings. The zero-order valence-corrected chi connectivity index (χ0v) is 15.3. The molecule has 25 heavy (non-hydrogen) atoms. The number of hydrogen-bond donors (Lipinski definition) is 1. The van der Waals surface area contributed by atoms with Gasteiger partial charge >= 0.3 is 11.6 Å². The monoisotopic (exact) mass is 376 g/mol. The van der Waals surface area contributed by atoms with Gasteiger partial charge in [-0.15, -0.1) is 0 Å². The number of alkyl halides is 3. The average molecular weight is 376 g/mol. The summed E-state index contributed by atoms with van der Waals surface area (Å²) in [4.78, 5) is 13.9. The minimum Gasteiger partial charge on any atom is -0.444 e. The summed E-state index contributed by atoms with van der Waals surface area (Å²) in [6.07, 6.45) is 1.22. The maximum absolute atomic E-state index is 12.3. The molecule has 4 nitrogen and oxygen atoms in total. The summed E-state index contributed by atoms with van der Waals surface area (Å²) in [5.41, 5.74) is -4.01. The minimum atomic E-state index is -4.27. The second kappa shape index (κ2) is 7.76. The number of halogens is 3. The number of ether oxygens (including phenoxy) is 1. The van der Waals surface area contributed by atoms with Gasteiger partial charge in [0.25, 0.3) is 0 Å². The molecule has 0 aromatic heterocycles. The van der Waals surface area contributed by atoms with E-state index in [-0.39, 0.29) is 28.8 Å². The van der Waals surface area contributed by atoms with Gasteiger partial charge in [0.15, 0.2) is 0 Å². The summed E-state index contributed by atoms with van der Waals surface area (Å²) < 4.78 is 42.3. The lowest BCUT2D eigenvalue weighted by molar-refractivity contribution is -0.0328. The van der Waals surface area contributed by atoms with Crippen molar-refractivity contribution in [3.63, 3.8) is 0 Å². The summed E-state index contributed by atoms with van der Waals surface area (Å²) >= 11 is -0.122. The zero-order valence-electron chi connectivity index (χ0n) is 14.5. The summed E-state index contributed by atoms with van der Waals surface area (Å²) in [7, 11) is 0. The Kier molecular flexibility index (Phi) is 6.13. The van der Waals surface area contributed by atoms with Crippen LogP contribution in [0.25, 0.3) is 0 Å². The Balaban J connectivity index is 1.81. The fraction of sp³-hybridized carbons (Fsp3) is 0.588. The van der Waals surface area contributed by atoms with Crippen LogP contribution in [0.3, 0.4) is 0 Å². The molecule has 0 spiro atoms. The number of anilines is 1. The first-order valence-corrected chi connectivity index (χ1v) is 8.94. The average Bonchev–Trinajstić information content (AvgIpc) is 2.47. The lowest BCUT2D eigenvalue weighted by atomic mass is 10.0. The summed E-state index contributed by atoms with van der Waals surface area (Å²) in [6, 6.07) is 6.38. The van der Waals surface area contributed by atoms with Gasteiger partial charge in [-0.1, -0.05) is 0 Å². The van der Waals surface area contributed by atoms with Crippen molar-refractivity contribution in [1.82, 2.24) is 4.90 Å². The fourth-order valence-electron chi connectivity index (χ4n) is 2.52. The predicted molar refractivity (Wildman–Crippen MR) is 92.8 cm³/mol. The summed E-state index contributed by atoms with van der Waals surface area (Å²) in [5, 5.41) is 3.31. The molecule has 1 aliphatic heterocycles. The number of benzene rings is 1. The van der Waals surface area contributed by atoms with E-state index in [1.165, 1.54) is 12.1 Å². The van der Waals surface area contributed by atoms with Crippen LogP contribution < -0.4 is 5.32 Å². The van der Waals surface area contributed by atoms with Crippen LogP contribution in [0.5, 0.6) is 0 Å². The van der Waals surface area contributed by atoms with Crippen LogP contribution in [0.1, 0.15) is 33.6 Å². The Bertz CT molecular complexity index is 577. The number of carbonyl (C=O) groups excluding carboxylic acids is 1. The molecule has 1 N–H and O–H groups in total. The maximum atomic E-state index is 12.3. The minimum absolute atomic E-state index is 0.122. The lowest BCUT2D eigenvalue weighted by Crippen LogP contribution is -2.44. The molecule has 1 aromatic rings. The fourth-order valence-corrected chi connectivity index (χ4v) is 3.06. The molecule has 0 atom stereocenters. The van der Waals surface area contributed by atoms with Crippen molar-refractivity contribution in [1.29, 1.82) is 0 Å². The van der Waals surface area contributed by atoms with Crippen LogP contribution in [-0.2, 0) is 4.74 Å². The number of hydrogen-bond acceptors (Lipinski definition) is 4. The van der Waals surface area contributed by atoms with Crippen LogP contribution in [0.4, 0.5) is 23.7 Å². The normalized spacial score (nSPS) is 16.6. The Labute approximate surface area is 150 Å². The largest absolute Gasteiger partial charge is 0.446 e. The molecule has 1 aliphatic rings. The van der Waals surface area contributed by atoms with Gasteiger partial charge in [-0.25, -0.2) is 4.79 Å². The number of nitrogens with zero attached hydrogens (tertiary/aromatic N) is 1. The van der Waals surface area contributed by atoms with Gasteiger partial charge in [-0.3, -0.25) is 0 Å². The Morgan fingerprint density at radius 3 is 2.20 bits per heavy atom. The molecular weight excluding hydrogens is 353 g/mol. The number of carbonyl (C=O) groups is 1. The highest BCUT2D eigenvalue weighted by Crippen LogP contribution is 2.37. The summed E-state index contributed by atoms with van der Waals surface area (Å²) in [6.45, 7) is 6.68. The first kappa shape index (κ1) is 19.8. The number of piperidine rings is 1. The van der Waals surface area contributed by atoms with E-state index in [0.29, 0.717) is 13.1 Å². The van der Waals surface area contributed by atoms with Gasteiger partial charge in [0.1, 0.15) is 5.60 Å². The lowest BCUT2D eigenvalue weighted by Gasteiger charge is -2.34. The van der Waals surface area contributed by atoms with Gasteiger partial charge in [-0.05, 0) is 69.6 Å².